The highest BCUT2D eigenvalue weighted by atomic mass is 79.9. The standard InChI is InChI=1S/C12H18BrN3O2/c1-12(2,7-17)16(3)8-4-5-9(10(13)6-8)11(14)15-18/h4-6,17-18H,7H2,1-3H3,(H2,14,15). The van der Waals surface area contributed by atoms with Crippen molar-refractivity contribution < 1.29 is 10.3 Å². The number of halogens is 1. The van der Waals surface area contributed by atoms with Crippen molar-refractivity contribution in [1.29, 1.82) is 0 Å². The Hall–Kier alpha value is -1.27. The predicted molar refractivity (Wildman–Crippen MR) is 76.2 cm³/mol. The first-order chi connectivity index (χ1) is 8.33. The van der Waals surface area contributed by atoms with Gasteiger partial charge in [-0.3, -0.25) is 0 Å². The van der Waals surface area contributed by atoms with Crippen molar-refractivity contribution in [2.75, 3.05) is 18.6 Å². The Labute approximate surface area is 115 Å². The molecular formula is C12H18BrN3O2. The fraction of sp³-hybridized carbons (Fsp3) is 0.417. The zero-order valence-electron chi connectivity index (χ0n) is 10.7. The number of hydrogen-bond acceptors (Lipinski definition) is 4. The van der Waals surface area contributed by atoms with Gasteiger partial charge in [-0.1, -0.05) is 5.16 Å². The summed E-state index contributed by atoms with van der Waals surface area (Å²) in [6.45, 7) is 3.93. The summed E-state index contributed by atoms with van der Waals surface area (Å²) in [4.78, 5) is 1.97. The van der Waals surface area contributed by atoms with Crippen molar-refractivity contribution in [3.63, 3.8) is 0 Å². The van der Waals surface area contributed by atoms with Crippen LogP contribution in [0.3, 0.4) is 0 Å². The molecular weight excluding hydrogens is 298 g/mol. The van der Waals surface area contributed by atoms with E-state index in [0.717, 1.165) is 10.2 Å². The quantitative estimate of drug-likeness (QED) is 0.342. The maximum atomic E-state index is 9.35. The number of aliphatic hydroxyl groups is 1. The third-order valence-corrected chi connectivity index (χ3v) is 3.67. The van der Waals surface area contributed by atoms with Crippen LogP contribution in [0.25, 0.3) is 0 Å². The number of nitrogens with two attached hydrogens (primary N) is 1. The summed E-state index contributed by atoms with van der Waals surface area (Å²) in [5.74, 6) is 0.0532. The minimum Gasteiger partial charge on any atom is -0.409 e. The van der Waals surface area contributed by atoms with Crippen molar-refractivity contribution in [1.82, 2.24) is 0 Å². The normalized spacial score (nSPS) is 12.6. The number of amidine groups is 1. The Morgan fingerprint density at radius 2 is 2.11 bits per heavy atom. The van der Waals surface area contributed by atoms with Crippen LogP contribution in [0.4, 0.5) is 5.69 Å². The molecule has 0 saturated heterocycles. The summed E-state index contributed by atoms with van der Waals surface area (Å²) in [7, 11) is 1.90. The highest BCUT2D eigenvalue weighted by Crippen LogP contribution is 2.27. The second kappa shape index (κ2) is 5.58. The van der Waals surface area contributed by atoms with E-state index in [9.17, 15) is 5.11 Å². The molecule has 1 aromatic rings. The highest BCUT2D eigenvalue weighted by molar-refractivity contribution is 9.10. The first kappa shape index (κ1) is 14.8. The van der Waals surface area contributed by atoms with Gasteiger partial charge in [-0.15, -0.1) is 0 Å². The van der Waals surface area contributed by atoms with Crippen molar-refractivity contribution in [3.8, 4) is 0 Å². The van der Waals surface area contributed by atoms with Gasteiger partial charge in [0, 0.05) is 22.8 Å². The average Bonchev–Trinajstić information content (AvgIpc) is 2.36. The molecule has 4 N–H and O–H groups in total. The van der Waals surface area contributed by atoms with Crippen LogP contribution < -0.4 is 10.6 Å². The molecule has 0 aromatic heterocycles. The largest absolute Gasteiger partial charge is 0.409 e. The van der Waals surface area contributed by atoms with Crippen LogP contribution in [0.5, 0.6) is 0 Å². The monoisotopic (exact) mass is 315 g/mol. The molecule has 0 radical (unpaired) electrons. The van der Waals surface area contributed by atoms with Gasteiger partial charge in [0.1, 0.15) is 0 Å². The van der Waals surface area contributed by atoms with Gasteiger partial charge < -0.3 is 20.9 Å². The first-order valence-corrected chi connectivity index (χ1v) is 6.25. The van der Waals surface area contributed by atoms with E-state index >= 15 is 0 Å². The van der Waals surface area contributed by atoms with Crippen LogP contribution in [-0.2, 0) is 0 Å². The summed E-state index contributed by atoms with van der Waals surface area (Å²) in [6, 6.07) is 5.48. The van der Waals surface area contributed by atoms with E-state index in [1.165, 1.54) is 0 Å². The number of likely N-dealkylation sites (N-methyl/N-ethyl adjacent to an activating group) is 1. The minimum atomic E-state index is -0.364. The van der Waals surface area contributed by atoms with Gasteiger partial charge in [-0.2, -0.15) is 0 Å². The molecule has 0 aliphatic rings. The maximum Gasteiger partial charge on any atom is 0.171 e. The number of nitrogens with zero attached hydrogens (tertiary/aromatic N) is 2. The second-order valence-corrected chi connectivity index (χ2v) is 5.53. The SMILES string of the molecule is CN(c1ccc(/C(N)=N/O)c(Br)c1)C(C)(C)CO. The summed E-state index contributed by atoms with van der Waals surface area (Å²) >= 11 is 3.38. The molecule has 5 nitrogen and oxygen atoms in total. The smallest absolute Gasteiger partial charge is 0.171 e. The van der Waals surface area contributed by atoms with Crippen LogP contribution in [0.2, 0.25) is 0 Å². The van der Waals surface area contributed by atoms with Crippen molar-refractivity contribution in [2.45, 2.75) is 19.4 Å². The minimum absolute atomic E-state index is 0.0447. The summed E-state index contributed by atoms with van der Waals surface area (Å²) < 4.78 is 0.732. The molecule has 0 saturated carbocycles. The average molecular weight is 316 g/mol. The summed E-state index contributed by atoms with van der Waals surface area (Å²) in [5.41, 5.74) is 6.73. The lowest BCUT2D eigenvalue weighted by Crippen LogP contribution is -2.44. The Bertz CT molecular complexity index is 461. The number of rotatable bonds is 4. The Balaban J connectivity index is 3.12. The molecule has 0 heterocycles. The van der Waals surface area contributed by atoms with E-state index < -0.39 is 0 Å². The van der Waals surface area contributed by atoms with Gasteiger partial charge in [0.2, 0.25) is 0 Å². The van der Waals surface area contributed by atoms with Crippen molar-refractivity contribution in [3.05, 3.63) is 28.2 Å². The first-order valence-electron chi connectivity index (χ1n) is 5.45. The van der Waals surface area contributed by atoms with E-state index in [1.54, 1.807) is 6.07 Å². The highest BCUT2D eigenvalue weighted by Gasteiger charge is 2.23. The van der Waals surface area contributed by atoms with Crippen LogP contribution in [0.1, 0.15) is 19.4 Å². The summed E-state index contributed by atoms with van der Waals surface area (Å²) in [6.07, 6.45) is 0. The van der Waals surface area contributed by atoms with Crippen LogP contribution in [-0.4, -0.2) is 35.3 Å². The van der Waals surface area contributed by atoms with Crippen molar-refractivity contribution in [2.24, 2.45) is 10.9 Å². The number of benzene rings is 1. The predicted octanol–water partition coefficient (Wildman–Crippen LogP) is 1.75. The molecule has 0 amide bonds. The van der Waals surface area contributed by atoms with E-state index in [1.807, 2.05) is 37.9 Å². The Kier molecular flexibility index (Phi) is 4.59. The summed E-state index contributed by atoms with van der Waals surface area (Å²) in [5, 5.41) is 21.0. The van der Waals surface area contributed by atoms with Crippen LogP contribution >= 0.6 is 15.9 Å². The van der Waals surface area contributed by atoms with Gasteiger partial charge in [-0.25, -0.2) is 0 Å². The number of anilines is 1. The second-order valence-electron chi connectivity index (χ2n) is 4.68. The molecule has 100 valence electrons. The topological polar surface area (TPSA) is 82.1 Å². The fourth-order valence-corrected chi connectivity index (χ4v) is 2.00. The van der Waals surface area contributed by atoms with E-state index in [2.05, 4.69) is 21.1 Å². The van der Waals surface area contributed by atoms with Gasteiger partial charge in [0.15, 0.2) is 5.84 Å². The number of aliphatic hydroxyl groups excluding tert-OH is 1. The molecule has 1 aromatic carbocycles. The molecule has 6 heteroatoms. The third kappa shape index (κ3) is 2.94. The lowest BCUT2D eigenvalue weighted by Gasteiger charge is -2.36. The molecule has 0 aliphatic heterocycles. The van der Waals surface area contributed by atoms with E-state index in [-0.39, 0.29) is 18.0 Å². The third-order valence-electron chi connectivity index (χ3n) is 3.02. The Morgan fingerprint density at radius 3 is 2.56 bits per heavy atom. The Morgan fingerprint density at radius 1 is 1.50 bits per heavy atom. The fourth-order valence-electron chi connectivity index (χ4n) is 1.43. The van der Waals surface area contributed by atoms with E-state index in [4.69, 9.17) is 10.9 Å². The molecule has 0 unspecified atom stereocenters. The lowest BCUT2D eigenvalue weighted by atomic mass is 10.0. The van der Waals surface area contributed by atoms with E-state index in [0.29, 0.717) is 5.56 Å². The number of oxime groups is 1. The number of hydrogen-bond donors (Lipinski definition) is 3. The zero-order valence-corrected chi connectivity index (χ0v) is 12.3. The van der Waals surface area contributed by atoms with Crippen LogP contribution in [0, 0.1) is 0 Å². The van der Waals surface area contributed by atoms with Gasteiger partial charge in [0.25, 0.3) is 0 Å². The molecule has 18 heavy (non-hydrogen) atoms. The van der Waals surface area contributed by atoms with Crippen molar-refractivity contribution >= 4 is 27.5 Å². The molecule has 1 rings (SSSR count). The molecule has 0 aliphatic carbocycles. The molecule has 0 atom stereocenters. The molecule has 0 bridgehead atoms. The zero-order chi connectivity index (χ0) is 13.9. The lowest BCUT2D eigenvalue weighted by molar-refractivity contribution is 0.216. The maximum absolute atomic E-state index is 9.35. The molecule has 0 fully saturated rings. The van der Waals surface area contributed by atoms with Gasteiger partial charge >= 0.3 is 0 Å². The van der Waals surface area contributed by atoms with Crippen LogP contribution in [0.15, 0.2) is 27.8 Å². The van der Waals surface area contributed by atoms with Gasteiger partial charge in [-0.05, 0) is 48.0 Å². The van der Waals surface area contributed by atoms with Gasteiger partial charge in [0.05, 0.1) is 12.1 Å². The molecule has 0 spiro atoms.